The van der Waals surface area contributed by atoms with Crippen molar-refractivity contribution in [3.63, 3.8) is 0 Å². The normalized spacial score (nSPS) is 15.6. The molecule has 0 fully saturated rings. The van der Waals surface area contributed by atoms with Crippen molar-refractivity contribution in [1.29, 1.82) is 0 Å². The van der Waals surface area contributed by atoms with Gasteiger partial charge in [-0.2, -0.15) is 11.8 Å². The van der Waals surface area contributed by atoms with Gasteiger partial charge < -0.3 is 5.73 Å². The molecule has 0 aliphatic rings. The molecule has 0 radical (unpaired) electrons. The predicted molar refractivity (Wildman–Crippen MR) is 64.6 cm³/mol. The summed E-state index contributed by atoms with van der Waals surface area (Å²) in [4.78, 5) is 11.6. The maximum absolute atomic E-state index is 11.6. The van der Waals surface area contributed by atoms with Crippen molar-refractivity contribution in [2.45, 2.75) is 40.2 Å². The predicted octanol–water partition coefficient (Wildman–Crippen LogP) is 2.32. The average Bonchev–Trinajstić information content (AvgIpc) is 2.15. The Kier molecular flexibility index (Phi) is 7.28. The summed E-state index contributed by atoms with van der Waals surface area (Å²) in [6.07, 6.45) is 1.12. The van der Waals surface area contributed by atoms with E-state index in [-0.39, 0.29) is 17.7 Å². The lowest BCUT2D eigenvalue weighted by Gasteiger charge is -2.21. The molecule has 0 heterocycles. The van der Waals surface area contributed by atoms with Crippen LogP contribution >= 0.6 is 11.8 Å². The topological polar surface area (TPSA) is 43.1 Å². The zero-order valence-corrected chi connectivity index (χ0v) is 10.6. The Bertz CT molecular complexity index is 171. The van der Waals surface area contributed by atoms with Gasteiger partial charge in [0, 0.05) is 0 Å². The van der Waals surface area contributed by atoms with Crippen LogP contribution in [0.4, 0.5) is 0 Å². The van der Waals surface area contributed by atoms with E-state index in [0.29, 0.717) is 11.7 Å². The first-order valence-electron chi connectivity index (χ1n) is 5.36. The van der Waals surface area contributed by atoms with Crippen molar-refractivity contribution in [2.75, 3.05) is 11.5 Å². The number of carbonyl (C=O) groups excluding carboxylic acids is 1. The third-order valence-corrected chi connectivity index (χ3v) is 3.77. The molecule has 2 N–H and O–H groups in total. The third kappa shape index (κ3) is 5.01. The van der Waals surface area contributed by atoms with Gasteiger partial charge in [0.1, 0.15) is 0 Å². The lowest BCUT2D eigenvalue weighted by molar-refractivity contribution is -0.119. The molecular weight excluding hydrogens is 194 g/mol. The van der Waals surface area contributed by atoms with Crippen molar-refractivity contribution in [2.24, 2.45) is 17.6 Å². The van der Waals surface area contributed by atoms with E-state index in [2.05, 4.69) is 27.7 Å². The Labute approximate surface area is 92.0 Å². The second-order valence-corrected chi connectivity index (χ2v) is 5.25. The first-order valence-corrected chi connectivity index (χ1v) is 6.52. The zero-order chi connectivity index (χ0) is 11.1. The number of nitrogens with two attached hydrogens (primary N) is 1. The summed E-state index contributed by atoms with van der Waals surface area (Å²) in [6, 6.07) is -0.278. The Hall–Kier alpha value is -0.0200. The monoisotopic (exact) mass is 217 g/mol. The van der Waals surface area contributed by atoms with Gasteiger partial charge in [0.05, 0.1) is 11.8 Å². The van der Waals surface area contributed by atoms with Gasteiger partial charge in [-0.1, -0.05) is 27.7 Å². The minimum atomic E-state index is -0.278. The van der Waals surface area contributed by atoms with Crippen molar-refractivity contribution in [3.05, 3.63) is 0 Å². The highest BCUT2D eigenvalue weighted by atomic mass is 32.2. The van der Waals surface area contributed by atoms with Crippen LogP contribution in [0.15, 0.2) is 0 Å². The molecule has 0 aromatic heterocycles. The van der Waals surface area contributed by atoms with E-state index in [1.165, 1.54) is 0 Å². The molecular formula is C11H23NOS. The molecule has 0 aromatic carbocycles. The number of hydrogen-bond acceptors (Lipinski definition) is 3. The molecule has 2 atom stereocenters. The molecule has 0 aliphatic heterocycles. The van der Waals surface area contributed by atoms with Gasteiger partial charge in [0.15, 0.2) is 5.78 Å². The summed E-state index contributed by atoms with van der Waals surface area (Å²) in [5.74, 6) is 2.58. The van der Waals surface area contributed by atoms with Gasteiger partial charge in [-0.15, -0.1) is 0 Å². The summed E-state index contributed by atoms with van der Waals surface area (Å²) in [6.45, 7) is 8.39. The standard InChI is InChI=1S/C11H23NOS/c1-5-6-14-7-10(13)11(12)9(4)8(2)3/h8-9,11H,5-7,12H2,1-4H3/t9-,11+/m1/s1. The van der Waals surface area contributed by atoms with Gasteiger partial charge in [0.25, 0.3) is 0 Å². The molecule has 0 aromatic rings. The summed E-state index contributed by atoms with van der Waals surface area (Å²) in [5, 5.41) is 0. The van der Waals surface area contributed by atoms with Gasteiger partial charge in [-0.05, 0) is 24.0 Å². The SMILES string of the molecule is CCCSCC(=O)[C@@H](N)[C@H](C)C(C)C. The van der Waals surface area contributed by atoms with Crippen LogP contribution in [0.1, 0.15) is 34.1 Å². The van der Waals surface area contributed by atoms with Crippen LogP contribution in [0.25, 0.3) is 0 Å². The van der Waals surface area contributed by atoms with Crippen LogP contribution in [-0.2, 0) is 4.79 Å². The fraction of sp³-hybridized carbons (Fsp3) is 0.909. The number of hydrogen-bond donors (Lipinski definition) is 1. The Balaban J connectivity index is 3.86. The molecule has 84 valence electrons. The van der Waals surface area contributed by atoms with Crippen molar-refractivity contribution >= 4 is 17.5 Å². The number of carbonyl (C=O) groups is 1. The first-order chi connectivity index (χ1) is 6.50. The fourth-order valence-corrected chi connectivity index (χ4v) is 1.95. The van der Waals surface area contributed by atoms with Gasteiger partial charge >= 0.3 is 0 Å². The van der Waals surface area contributed by atoms with E-state index in [4.69, 9.17) is 5.73 Å². The summed E-state index contributed by atoms with van der Waals surface area (Å²) in [7, 11) is 0. The largest absolute Gasteiger partial charge is 0.321 e. The van der Waals surface area contributed by atoms with Crippen LogP contribution in [0.3, 0.4) is 0 Å². The molecule has 0 saturated carbocycles. The summed E-state index contributed by atoms with van der Waals surface area (Å²) >= 11 is 1.69. The first kappa shape index (κ1) is 14.0. The van der Waals surface area contributed by atoms with Crippen LogP contribution in [0.2, 0.25) is 0 Å². The maximum atomic E-state index is 11.6. The highest BCUT2D eigenvalue weighted by molar-refractivity contribution is 7.99. The second-order valence-electron chi connectivity index (χ2n) is 4.15. The summed E-state index contributed by atoms with van der Waals surface area (Å²) in [5.41, 5.74) is 5.88. The third-order valence-electron chi connectivity index (χ3n) is 2.58. The fourth-order valence-electron chi connectivity index (χ4n) is 1.12. The minimum Gasteiger partial charge on any atom is -0.321 e. The van der Waals surface area contributed by atoms with Crippen LogP contribution < -0.4 is 5.73 Å². The lowest BCUT2D eigenvalue weighted by atomic mass is 9.89. The Morgan fingerprint density at radius 3 is 2.36 bits per heavy atom. The van der Waals surface area contributed by atoms with Crippen molar-refractivity contribution in [3.8, 4) is 0 Å². The lowest BCUT2D eigenvalue weighted by Crippen LogP contribution is -2.40. The van der Waals surface area contributed by atoms with E-state index in [1.54, 1.807) is 11.8 Å². The molecule has 0 rings (SSSR count). The molecule has 2 nitrogen and oxygen atoms in total. The highest BCUT2D eigenvalue weighted by Gasteiger charge is 2.22. The van der Waals surface area contributed by atoms with Crippen LogP contribution in [0.5, 0.6) is 0 Å². The Morgan fingerprint density at radius 2 is 1.93 bits per heavy atom. The maximum Gasteiger partial charge on any atom is 0.159 e. The summed E-state index contributed by atoms with van der Waals surface area (Å²) < 4.78 is 0. The van der Waals surface area contributed by atoms with Crippen molar-refractivity contribution < 1.29 is 4.79 Å². The highest BCUT2D eigenvalue weighted by Crippen LogP contribution is 2.15. The van der Waals surface area contributed by atoms with E-state index in [1.807, 2.05) is 0 Å². The molecule has 14 heavy (non-hydrogen) atoms. The van der Waals surface area contributed by atoms with Gasteiger partial charge in [-0.25, -0.2) is 0 Å². The molecule has 0 spiro atoms. The van der Waals surface area contributed by atoms with E-state index in [9.17, 15) is 4.79 Å². The number of thioether (sulfide) groups is 1. The number of rotatable bonds is 7. The van der Waals surface area contributed by atoms with Crippen LogP contribution in [0, 0.1) is 11.8 Å². The Morgan fingerprint density at radius 1 is 1.36 bits per heavy atom. The molecule has 3 heteroatoms. The molecule has 0 amide bonds. The van der Waals surface area contributed by atoms with E-state index in [0.717, 1.165) is 12.2 Å². The number of Topliss-reactive ketones (excluding diaryl/α,β-unsaturated/α-hetero) is 1. The molecule has 0 aliphatic carbocycles. The van der Waals surface area contributed by atoms with Gasteiger partial charge in [-0.3, -0.25) is 4.79 Å². The smallest absolute Gasteiger partial charge is 0.159 e. The van der Waals surface area contributed by atoms with Crippen LogP contribution in [-0.4, -0.2) is 23.3 Å². The second kappa shape index (κ2) is 7.30. The van der Waals surface area contributed by atoms with Crippen molar-refractivity contribution in [1.82, 2.24) is 0 Å². The molecule has 0 unspecified atom stereocenters. The van der Waals surface area contributed by atoms with E-state index >= 15 is 0 Å². The molecule has 0 saturated heterocycles. The average molecular weight is 217 g/mol. The zero-order valence-electron chi connectivity index (χ0n) is 9.75. The minimum absolute atomic E-state index is 0.199. The van der Waals surface area contributed by atoms with E-state index < -0.39 is 0 Å². The quantitative estimate of drug-likeness (QED) is 0.666. The van der Waals surface area contributed by atoms with Gasteiger partial charge in [0.2, 0.25) is 0 Å². The number of ketones is 1. The molecule has 0 bridgehead atoms.